The van der Waals surface area contributed by atoms with E-state index in [4.69, 9.17) is 10.5 Å². The van der Waals surface area contributed by atoms with Crippen LogP contribution in [0.1, 0.15) is 91.3 Å². The van der Waals surface area contributed by atoms with Crippen LogP contribution in [0, 0.1) is 0 Å². The fourth-order valence-corrected chi connectivity index (χ4v) is 9.02. The van der Waals surface area contributed by atoms with Gasteiger partial charge in [-0.25, -0.2) is 9.59 Å². The van der Waals surface area contributed by atoms with Gasteiger partial charge in [-0.15, -0.1) is 34.0 Å². The molecule has 0 saturated heterocycles. The van der Waals surface area contributed by atoms with Crippen LogP contribution in [0.15, 0.2) is 150 Å². The fourth-order valence-electron chi connectivity index (χ4n) is 6.75. The lowest BCUT2D eigenvalue weighted by molar-refractivity contribution is -0.143. The van der Waals surface area contributed by atoms with Crippen molar-refractivity contribution < 1.29 is 38.6 Å². The highest BCUT2D eigenvalue weighted by molar-refractivity contribution is 7.10. The van der Waals surface area contributed by atoms with Crippen LogP contribution < -0.4 is 16.4 Å². The Hall–Kier alpha value is -6.55. The molecule has 0 fully saturated rings. The molecular formula is C53H55N3O8S3. The number of aliphatic hydroxyl groups is 1. The number of hydrogen-bond donors (Lipinski definition) is 4. The fraction of sp³-hybridized carbons (Fsp3) is 0.226. The summed E-state index contributed by atoms with van der Waals surface area (Å²) in [6, 6.07) is 40.2. The molecule has 0 aliphatic carbocycles. The number of carbonyl (C=O) groups excluding carboxylic acids is 5. The standard InChI is InChI=1S/2C23H23NO3S.C7H9NO2S/c1-3-5-16-7-9-17(10-8-16)18-11-13-19(14-12-18)22(25)24-21(23(26)27-2)20-6-4-15-28-20;1-2-4-16-6-8-17(9-7-16)18-10-12-19(13-11-18)23(27)24-22(20(26)15-25)21-5-3-14-28-21;1-10-7(9)6(8)5-3-2-4-11-5/h4,6-15,21H,3,5H2,1-2H3,(H,24,25);3,5-14,22,25H,2,4,15H2,1H3,(H,24,27);2-4,6H,8H2,1H3. The van der Waals surface area contributed by atoms with Gasteiger partial charge in [-0.1, -0.05) is 118 Å². The molecule has 3 aromatic heterocycles. The van der Waals surface area contributed by atoms with Gasteiger partial charge in [0.15, 0.2) is 11.8 Å². The van der Waals surface area contributed by atoms with Gasteiger partial charge in [-0.05, 0) is 105 Å². The zero-order valence-corrected chi connectivity index (χ0v) is 40.3. The number of carbonyl (C=O) groups is 5. The second kappa shape index (κ2) is 26.6. The summed E-state index contributed by atoms with van der Waals surface area (Å²) < 4.78 is 9.31. The van der Waals surface area contributed by atoms with E-state index in [-0.39, 0.29) is 11.8 Å². The van der Waals surface area contributed by atoms with Crippen molar-refractivity contribution in [3.63, 3.8) is 0 Å². The minimum Gasteiger partial charge on any atom is -0.468 e. The van der Waals surface area contributed by atoms with Gasteiger partial charge in [0.1, 0.15) is 18.7 Å². The number of amides is 2. The summed E-state index contributed by atoms with van der Waals surface area (Å²) >= 11 is 4.22. The molecule has 0 radical (unpaired) electrons. The quantitative estimate of drug-likeness (QED) is 0.0648. The maximum absolute atomic E-state index is 12.6. The lowest BCUT2D eigenvalue weighted by Crippen LogP contribution is -2.34. The lowest BCUT2D eigenvalue weighted by Gasteiger charge is -2.15. The molecule has 7 aromatic rings. The van der Waals surface area contributed by atoms with Crippen LogP contribution in [0.4, 0.5) is 0 Å². The van der Waals surface area contributed by atoms with E-state index in [0.29, 0.717) is 16.0 Å². The maximum atomic E-state index is 12.6. The average molecular weight is 958 g/mol. The molecule has 2 amide bonds. The minimum absolute atomic E-state index is 0.311. The summed E-state index contributed by atoms with van der Waals surface area (Å²) in [6.45, 7) is 3.71. The normalized spacial score (nSPS) is 11.9. The van der Waals surface area contributed by atoms with E-state index < -0.39 is 42.5 Å². The Morgan fingerprint density at radius 1 is 0.522 bits per heavy atom. The van der Waals surface area contributed by atoms with Gasteiger partial charge in [-0.2, -0.15) is 0 Å². The molecule has 0 aliphatic rings. The average Bonchev–Trinajstić information content (AvgIpc) is 4.22. The molecule has 3 atom stereocenters. The molecule has 4 aromatic carbocycles. The summed E-state index contributed by atoms with van der Waals surface area (Å²) in [5, 5.41) is 20.3. The van der Waals surface area contributed by atoms with Gasteiger partial charge < -0.3 is 30.9 Å². The molecule has 0 aliphatic heterocycles. The number of hydrogen-bond acceptors (Lipinski definition) is 12. The van der Waals surface area contributed by atoms with E-state index in [1.54, 1.807) is 36.4 Å². The highest BCUT2D eigenvalue weighted by Crippen LogP contribution is 2.25. The Morgan fingerprint density at radius 2 is 0.881 bits per heavy atom. The number of benzene rings is 4. The van der Waals surface area contributed by atoms with E-state index in [9.17, 15) is 29.1 Å². The number of ether oxygens (including phenoxy) is 2. The van der Waals surface area contributed by atoms with Gasteiger partial charge in [0.25, 0.3) is 11.8 Å². The van der Waals surface area contributed by atoms with Gasteiger partial charge in [-0.3, -0.25) is 14.4 Å². The van der Waals surface area contributed by atoms with Crippen LogP contribution in [0.5, 0.6) is 0 Å². The van der Waals surface area contributed by atoms with Crippen molar-refractivity contribution in [3.05, 3.63) is 186 Å². The van der Waals surface area contributed by atoms with Crippen molar-refractivity contribution in [2.24, 2.45) is 5.73 Å². The first-order valence-electron chi connectivity index (χ1n) is 21.7. The third-order valence-corrected chi connectivity index (χ3v) is 13.2. The molecule has 3 heterocycles. The third kappa shape index (κ3) is 15.0. The second-order valence-corrected chi connectivity index (χ2v) is 18.0. The van der Waals surface area contributed by atoms with Crippen molar-refractivity contribution >= 4 is 63.5 Å². The Balaban J connectivity index is 0.000000205. The van der Waals surface area contributed by atoms with Crippen LogP contribution >= 0.6 is 34.0 Å². The molecule has 0 bridgehead atoms. The predicted molar refractivity (Wildman–Crippen MR) is 268 cm³/mol. The zero-order valence-electron chi connectivity index (χ0n) is 37.8. The number of ketones is 1. The number of Topliss-reactive ketones (excluding diaryl/α,β-unsaturated/α-hetero) is 1. The molecule has 0 saturated carbocycles. The van der Waals surface area contributed by atoms with E-state index >= 15 is 0 Å². The summed E-state index contributed by atoms with van der Waals surface area (Å²) in [5.74, 6) is -1.97. The Labute approximate surface area is 403 Å². The minimum atomic E-state index is -0.830. The first-order chi connectivity index (χ1) is 32.5. The van der Waals surface area contributed by atoms with Crippen LogP contribution in [0.2, 0.25) is 0 Å². The summed E-state index contributed by atoms with van der Waals surface area (Å²) in [4.78, 5) is 62.5. The highest BCUT2D eigenvalue weighted by Gasteiger charge is 2.26. The molecule has 348 valence electrons. The SMILES string of the molecule is CCCc1ccc(-c2ccc(C(=O)NC(C(=O)CO)c3cccs3)cc2)cc1.CCCc1ccc(-c2ccc(C(=O)NC(C(=O)OC)c3cccs3)cc2)cc1.COC(=O)C(N)c1cccs1. The van der Waals surface area contributed by atoms with Crippen molar-refractivity contribution in [2.75, 3.05) is 20.8 Å². The van der Waals surface area contributed by atoms with E-state index in [2.05, 4.69) is 77.7 Å². The molecule has 7 rings (SSSR count). The summed E-state index contributed by atoms with van der Waals surface area (Å²) in [5.41, 5.74) is 13.4. The third-order valence-electron chi connectivity index (χ3n) is 10.4. The monoisotopic (exact) mass is 957 g/mol. The van der Waals surface area contributed by atoms with Crippen LogP contribution in [0.3, 0.4) is 0 Å². The topological polar surface area (TPSA) is 174 Å². The molecule has 14 heteroatoms. The Morgan fingerprint density at radius 3 is 1.22 bits per heavy atom. The number of nitrogens with one attached hydrogen (secondary N) is 2. The number of thiophene rings is 3. The smallest absolute Gasteiger partial charge is 0.333 e. The van der Waals surface area contributed by atoms with E-state index in [1.807, 2.05) is 64.7 Å². The van der Waals surface area contributed by atoms with E-state index in [1.165, 1.54) is 59.4 Å². The number of nitrogens with two attached hydrogens (primary N) is 1. The molecule has 5 N–H and O–H groups in total. The van der Waals surface area contributed by atoms with Crippen molar-refractivity contribution in [3.8, 4) is 22.3 Å². The van der Waals surface area contributed by atoms with Gasteiger partial charge in [0, 0.05) is 25.8 Å². The highest BCUT2D eigenvalue weighted by atomic mass is 32.1. The van der Waals surface area contributed by atoms with Crippen LogP contribution in [-0.4, -0.2) is 55.5 Å². The number of methoxy groups -OCH3 is 2. The number of esters is 2. The number of aliphatic hydroxyl groups excluding tert-OH is 1. The summed E-state index contributed by atoms with van der Waals surface area (Å²) in [6.07, 6.45) is 4.39. The van der Waals surface area contributed by atoms with Crippen LogP contribution in [-0.2, 0) is 36.7 Å². The first kappa shape index (κ1) is 51.4. The summed E-state index contributed by atoms with van der Waals surface area (Å²) in [7, 11) is 2.64. The van der Waals surface area contributed by atoms with Gasteiger partial charge in [0.2, 0.25) is 0 Å². The first-order valence-corrected chi connectivity index (χ1v) is 24.3. The molecule has 0 spiro atoms. The number of aryl methyl sites for hydroxylation is 2. The zero-order chi connectivity index (χ0) is 48.1. The molecule has 3 unspecified atom stereocenters. The van der Waals surface area contributed by atoms with Crippen LogP contribution in [0.25, 0.3) is 22.3 Å². The lowest BCUT2D eigenvalue weighted by atomic mass is 10.0. The van der Waals surface area contributed by atoms with Gasteiger partial charge in [0.05, 0.1) is 14.2 Å². The number of rotatable bonds is 17. The molecular weight excluding hydrogens is 903 g/mol. The van der Waals surface area contributed by atoms with E-state index in [0.717, 1.165) is 57.7 Å². The Kier molecular flexibility index (Phi) is 20.4. The van der Waals surface area contributed by atoms with Gasteiger partial charge >= 0.3 is 11.9 Å². The predicted octanol–water partition coefficient (Wildman–Crippen LogP) is 10.3. The largest absolute Gasteiger partial charge is 0.468 e. The van der Waals surface area contributed by atoms with Crippen molar-refractivity contribution in [1.82, 2.24) is 10.6 Å². The Bertz CT molecular complexity index is 2440. The van der Waals surface area contributed by atoms with Crippen molar-refractivity contribution in [2.45, 2.75) is 57.7 Å². The molecule has 11 nitrogen and oxygen atoms in total. The maximum Gasteiger partial charge on any atom is 0.333 e. The second-order valence-electron chi connectivity index (χ2n) is 15.1. The van der Waals surface area contributed by atoms with Crippen molar-refractivity contribution in [1.29, 1.82) is 0 Å². The molecule has 67 heavy (non-hydrogen) atoms.